The summed E-state index contributed by atoms with van der Waals surface area (Å²) >= 11 is 1.48. The van der Waals surface area contributed by atoms with Crippen LogP contribution in [0, 0.1) is 6.92 Å². The smallest absolute Gasteiger partial charge is 0.265 e. The van der Waals surface area contributed by atoms with Crippen LogP contribution >= 0.6 is 11.8 Å². The maximum absolute atomic E-state index is 13.5. The Morgan fingerprint density at radius 1 is 0.972 bits per heavy atom. The molecule has 0 saturated heterocycles. The summed E-state index contributed by atoms with van der Waals surface area (Å²) < 4.78 is 0. The molecule has 1 aromatic heterocycles. The van der Waals surface area contributed by atoms with Gasteiger partial charge in [0, 0.05) is 16.7 Å². The number of carbonyl (C=O) groups is 2. The summed E-state index contributed by atoms with van der Waals surface area (Å²) in [6.07, 6.45) is 3.59. The average Bonchev–Trinajstić information content (AvgIpc) is 2.91. The molecule has 0 saturated carbocycles. The molecule has 0 bridgehead atoms. The molecule has 5 nitrogen and oxygen atoms in total. The topological polar surface area (TPSA) is 62.3 Å². The van der Waals surface area contributed by atoms with E-state index in [9.17, 15) is 9.59 Å². The molecule has 1 aliphatic heterocycles. The van der Waals surface area contributed by atoms with Gasteiger partial charge in [-0.1, -0.05) is 71.9 Å². The number of aromatic nitrogens is 1. The largest absolute Gasteiger partial charge is 0.346 e. The molecular weight excluding hydrogens is 466 g/mol. The van der Waals surface area contributed by atoms with Crippen LogP contribution in [0.3, 0.4) is 0 Å². The maximum Gasteiger partial charge on any atom is 0.265 e. The minimum atomic E-state index is -0.166. The van der Waals surface area contributed by atoms with Gasteiger partial charge in [-0.3, -0.25) is 14.6 Å². The molecule has 0 radical (unpaired) electrons. The Hall–Kier alpha value is -4.16. The molecule has 3 aromatic carbocycles. The van der Waals surface area contributed by atoms with Crippen molar-refractivity contribution in [3.63, 3.8) is 0 Å². The van der Waals surface area contributed by atoms with Crippen molar-refractivity contribution in [3.05, 3.63) is 130 Å². The van der Waals surface area contributed by atoms with Crippen LogP contribution in [0.15, 0.2) is 107 Å². The Bertz CT molecular complexity index is 1430. The van der Waals surface area contributed by atoms with Gasteiger partial charge in [0.1, 0.15) is 0 Å². The number of hydrogen-bond donors (Lipinski definition) is 1. The summed E-state index contributed by atoms with van der Waals surface area (Å²) in [6.45, 7) is 2.93. The lowest BCUT2D eigenvalue weighted by Gasteiger charge is -2.30. The zero-order valence-electron chi connectivity index (χ0n) is 19.8. The van der Waals surface area contributed by atoms with Crippen LogP contribution in [0.1, 0.15) is 32.7 Å². The highest BCUT2D eigenvalue weighted by molar-refractivity contribution is 8.04. The first-order chi connectivity index (χ1) is 17.6. The first-order valence-electron chi connectivity index (χ1n) is 11.7. The molecule has 36 heavy (non-hydrogen) atoms. The highest BCUT2D eigenvalue weighted by atomic mass is 32.2. The zero-order chi connectivity index (χ0) is 24.9. The predicted molar refractivity (Wildman–Crippen MR) is 144 cm³/mol. The maximum atomic E-state index is 13.5. The van der Waals surface area contributed by atoms with Crippen molar-refractivity contribution in [2.24, 2.45) is 0 Å². The molecular formula is C30H25N3O2S. The minimum absolute atomic E-state index is 0.0302. The van der Waals surface area contributed by atoms with Crippen LogP contribution in [0.4, 0.5) is 5.69 Å². The third-order valence-electron chi connectivity index (χ3n) is 5.88. The van der Waals surface area contributed by atoms with Gasteiger partial charge in [-0.05, 0) is 60.5 Å². The van der Waals surface area contributed by atoms with E-state index in [0.717, 1.165) is 27.4 Å². The molecule has 4 aromatic rings. The fourth-order valence-corrected chi connectivity index (χ4v) is 5.13. The molecule has 1 N–H and O–H groups in total. The fourth-order valence-electron chi connectivity index (χ4n) is 4.07. The number of pyridine rings is 1. The van der Waals surface area contributed by atoms with Crippen LogP contribution in [-0.2, 0) is 17.9 Å². The second kappa shape index (κ2) is 10.6. The molecule has 0 aliphatic carbocycles. The molecule has 0 unspecified atom stereocenters. The molecule has 0 spiro atoms. The van der Waals surface area contributed by atoms with Crippen LogP contribution < -0.4 is 10.2 Å². The van der Waals surface area contributed by atoms with Crippen LogP contribution in [-0.4, -0.2) is 16.8 Å². The third kappa shape index (κ3) is 5.39. The van der Waals surface area contributed by atoms with Gasteiger partial charge in [0.15, 0.2) is 0 Å². The highest BCUT2D eigenvalue weighted by Gasteiger charge is 2.29. The van der Waals surface area contributed by atoms with Crippen molar-refractivity contribution in [2.75, 3.05) is 4.90 Å². The van der Waals surface area contributed by atoms with Gasteiger partial charge in [0.05, 0.1) is 29.4 Å². The lowest BCUT2D eigenvalue weighted by atomic mass is 10.1. The summed E-state index contributed by atoms with van der Waals surface area (Å²) in [7, 11) is 0. The van der Waals surface area contributed by atoms with E-state index in [1.165, 1.54) is 17.3 Å². The number of carbonyl (C=O) groups excluding carboxylic acids is 2. The van der Waals surface area contributed by atoms with Gasteiger partial charge in [0.2, 0.25) is 0 Å². The number of rotatable bonds is 6. The monoisotopic (exact) mass is 491 g/mol. The second-order valence-electron chi connectivity index (χ2n) is 8.58. The van der Waals surface area contributed by atoms with Crippen molar-refractivity contribution in [3.8, 4) is 0 Å². The number of anilines is 1. The van der Waals surface area contributed by atoms with Gasteiger partial charge >= 0.3 is 0 Å². The number of thioether (sulfide) groups is 1. The predicted octanol–water partition coefficient (Wildman–Crippen LogP) is 6.00. The summed E-state index contributed by atoms with van der Waals surface area (Å²) in [5.74, 6) is -0.196. The molecule has 6 heteroatoms. The van der Waals surface area contributed by atoms with Crippen LogP contribution in [0.5, 0.6) is 0 Å². The van der Waals surface area contributed by atoms with Crippen molar-refractivity contribution < 1.29 is 9.59 Å². The first kappa shape index (κ1) is 23.6. The van der Waals surface area contributed by atoms with E-state index < -0.39 is 0 Å². The van der Waals surface area contributed by atoms with E-state index in [-0.39, 0.29) is 11.8 Å². The number of aryl methyl sites for hydroxylation is 1. The van der Waals surface area contributed by atoms with E-state index in [4.69, 9.17) is 0 Å². The van der Waals surface area contributed by atoms with Crippen molar-refractivity contribution in [1.29, 1.82) is 0 Å². The summed E-state index contributed by atoms with van der Waals surface area (Å²) in [5, 5.41) is 2.89. The Kier molecular flexibility index (Phi) is 6.96. The molecule has 0 fully saturated rings. The molecule has 178 valence electrons. The van der Waals surface area contributed by atoms with Gasteiger partial charge in [-0.15, -0.1) is 0 Å². The normalized spacial score (nSPS) is 14.0. The number of nitrogens with one attached hydrogen (secondary N) is 1. The van der Waals surface area contributed by atoms with Gasteiger partial charge in [0.25, 0.3) is 11.8 Å². The van der Waals surface area contributed by atoms with E-state index in [1.807, 2.05) is 77.7 Å². The first-order valence-corrected chi connectivity index (χ1v) is 12.5. The third-order valence-corrected chi connectivity index (χ3v) is 6.96. The van der Waals surface area contributed by atoms with Crippen LogP contribution in [0.2, 0.25) is 0 Å². The van der Waals surface area contributed by atoms with Crippen molar-refractivity contribution in [2.45, 2.75) is 24.9 Å². The second-order valence-corrected chi connectivity index (χ2v) is 9.67. The molecule has 0 atom stereocenters. The van der Waals surface area contributed by atoms with E-state index >= 15 is 0 Å². The van der Waals surface area contributed by atoms with Crippen molar-refractivity contribution in [1.82, 2.24) is 10.3 Å². The van der Waals surface area contributed by atoms with E-state index in [1.54, 1.807) is 18.3 Å². The van der Waals surface area contributed by atoms with Crippen molar-refractivity contribution >= 4 is 35.3 Å². The molecule has 5 rings (SSSR count). The Labute approximate surface area is 214 Å². The van der Waals surface area contributed by atoms with Gasteiger partial charge < -0.3 is 10.2 Å². The van der Waals surface area contributed by atoms with Gasteiger partial charge in [-0.25, -0.2) is 0 Å². The number of hydrogen-bond acceptors (Lipinski definition) is 4. The number of benzene rings is 3. The van der Waals surface area contributed by atoms with E-state index in [2.05, 4.69) is 29.4 Å². The van der Waals surface area contributed by atoms with Crippen LogP contribution in [0.25, 0.3) is 6.08 Å². The number of amides is 2. The Morgan fingerprint density at radius 3 is 2.56 bits per heavy atom. The standard InChI is InChI=1S/C30H25N3O2S/c1-21-7-6-8-23(17-21)20-33-26-10-2-3-11-27(26)36-28(30(33)35)18-22-12-14-24(15-13-22)29(34)32-19-25-9-4-5-16-31-25/h2-18H,19-20H2,1H3,(H,32,34)/b28-18+. The Morgan fingerprint density at radius 2 is 1.78 bits per heavy atom. The van der Waals surface area contributed by atoms with Gasteiger partial charge in [-0.2, -0.15) is 0 Å². The summed E-state index contributed by atoms with van der Waals surface area (Å²) in [4.78, 5) is 33.8. The molecule has 1 aliphatic rings. The van der Waals surface area contributed by atoms with E-state index in [0.29, 0.717) is 23.6 Å². The lowest BCUT2D eigenvalue weighted by Crippen LogP contribution is -2.33. The summed E-state index contributed by atoms with van der Waals surface area (Å²) in [5.41, 5.74) is 5.40. The minimum Gasteiger partial charge on any atom is -0.346 e. The quantitative estimate of drug-likeness (QED) is 0.336. The summed E-state index contributed by atoms with van der Waals surface area (Å²) in [6, 6.07) is 29.1. The SMILES string of the molecule is Cc1cccc(CN2C(=O)/C(=C\c3ccc(C(=O)NCc4ccccn4)cc3)Sc3ccccc32)c1. The average molecular weight is 492 g/mol. The molecule has 2 heterocycles. The number of para-hydroxylation sites is 1. The fraction of sp³-hybridized carbons (Fsp3) is 0.100. The highest BCUT2D eigenvalue weighted by Crippen LogP contribution is 2.42. The lowest BCUT2D eigenvalue weighted by molar-refractivity contribution is -0.114. The zero-order valence-corrected chi connectivity index (χ0v) is 20.7. The number of nitrogens with zero attached hydrogens (tertiary/aromatic N) is 2. The molecule has 2 amide bonds. The Balaban J connectivity index is 1.34. The number of fused-ring (bicyclic) bond motifs is 1.